The van der Waals surface area contributed by atoms with Crippen LogP contribution >= 0.6 is 0 Å². The van der Waals surface area contributed by atoms with Gasteiger partial charge in [0.2, 0.25) is 0 Å². The zero-order chi connectivity index (χ0) is 13.8. The third-order valence-corrected chi connectivity index (χ3v) is 4.11. The molecule has 1 unspecified atom stereocenters. The van der Waals surface area contributed by atoms with Gasteiger partial charge in [-0.05, 0) is 24.6 Å². The first-order valence-electron chi connectivity index (χ1n) is 7.42. The van der Waals surface area contributed by atoms with E-state index in [0.29, 0.717) is 6.04 Å². The number of morpholine rings is 1. The van der Waals surface area contributed by atoms with Crippen molar-refractivity contribution in [1.82, 2.24) is 15.2 Å². The summed E-state index contributed by atoms with van der Waals surface area (Å²) in [4.78, 5) is 5.75. The van der Waals surface area contributed by atoms with Gasteiger partial charge >= 0.3 is 0 Å². The van der Waals surface area contributed by atoms with E-state index < -0.39 is 0 Å². The second-order valence-electron chi connectivity index (χ2n) is 5.48. The molecule has 2 heterocycles. The van der Waals surface area contributed by atoms with Crippen molar-refractivity contribution in [3.63, 3.8) is 0 Å². The van der Waals surface area contributed by atoms with Crippen LogP contribution in [-0.2, 0) is 11.3 Å². The van der Waals surface area contributed by atoms with Gasteiger partial charge < -0.3 is 15.0 Å². The van der Waals surface area contributed by atoms with E-state index in [1.807, 2.05) is 6.20 Å². The van der Waals surface area contributed by atoms with Gasteiger partial charge in [-0.25, -0.2) is 0 Å². The summed E-state index contributed by atoms with van der Waals surface area (Å²) in [5.74, 6) is 0. The Bertz CT molecular complexity index is 545. The van der Waals surface area contributed by atoms with E-state index in [0.717, 1.165) is 39.4 Å². The van der Waals surface area contributed by atoms with Crippen molar-refractivity contribution >= 4 is 10.9 Å². The third kappa shape index (κ3) is 3.03. The zero-order valence-corrected chi connectivity index (χ0v) is 12.1. The van der Waals surface area contributed by atoms with E-state index in [2.05, 4.69) is 46.4 Å². The van der Waals surface area contributed by atoms with Gasteiger partial charge in [-0.1, -0.05) is 12.1 Å². The molecular formula is C16H23N3O. The number of hydrogen-bond donors (Lipinski definition) is 2. The number of rotatable bonds is 5. The Kier molecular flexibility index (Phi) is 4.35. The molecule has 1 atom stereocenters. The molecule has 0 spiro atoms. The SMILES string of the molecule is CC(CNCc1cccc2[nH]ccc12)N1CCOCC1. The molecular weight excluding hydrogens is 250 g/mol. The Morgan fingerprint density at radius 2 is 2.15 bits per heavy atom. The average molecular weight is 273 g/mol. The highest BCUT2D eigenvalue weighted by molar-refractivity contribution is 5.82. The maximum Gasteiger partial charge on any atom is 0.0594 e. The number of nitrogens with one attached hydrogen (secondary N) is 2. The lowest BCUT2D eigenvalue weighted by molar-refractivity contribution is 0.0203. The van der Waals surface area contributed by atoms with Gasteiger partial charge in [0.05, 0.1) is 13.2 Å². The van der Waals surface area contributed by atoms with Crippen LogP contribution in [-0.4, -0.2) is 48.8 Å². The number of ether oxygens (including phenoxy) is 1. The first kappa shape index (κ1) is 13.6. The van der Waals surface area contributed by atoms with Gasteiger partial charge in [0.15, 0.2) is 0 Å². The summed E-state index contributed by atoms with van der Waals surface area (Å²) < 4.78 is 5.40. The van der Waals surface area contributed by atoms with Gasteiger partial charge in [0.25, 0.3) is 0 Å². The maximum absolute atomic E-state index is 5.40. The Morgan fingerprint density at radius 3 is 3.00 bits per heavy atom. The van der Waals surface area contributed by atoms with Gasteiger partial charge in [-0.2, -0.15) is 0 Å². The van der Waals surface area contributed by atoms with E-state index in [1.54, 1.807) is 0 Å². The summed E-state index contributed by atoms with van der Waals surface area (Å²) in [7, 11) is 0. The predicted octanol–water partition coefficient (Wildman–Crippen LogP) is 1.98. The van der Waals surface area contributed by atoms with Gasteiger partial charge in [-0.3, -0.25) is 4.90 Å². The summed E-state index contributed by atoms with van der Waals surface area (Å²) in [5, 5.41) is 4.90. The van der Waals surface area contributed by atoms with Crippen LogP contribution in [0.2, 0.25) is 0 Å². The molecule has 1 saturated heterocycles. The van der Waals surface area contributed by atoms with Crippen molar-refractivity contribution in [2.45, 2.75) is 19.5 Å². The molecule has 0 saturated carbocycles. The second kappa shape index (κ2) is 6.39. The van der Waals surface area contributed by atoms with E-state index >= 15 is 0 Å². The Morgan fingerprint density at radius 1 is 1.30 bits per heavy atom. The Balaban J connectivity index is 1.53. The van der Waals surface area contributed by atoms with Gasteiger partial charge in [0, 0.05) is 49.3 Å². The number of benzene rings is 1. The quantitative estimate of drug-likeness (QED) is 0.875. The van der Waals surface area contributed by atoms with Crippen LogP contribution in [0.3, 0.4) is 0 Å². The van der Waals surface area contributed by atoms with Crippen molar-refractivity contribution in [3.05, 3.63) is 36.0 Å². The van der Waals surface area contributed by atoms with E-state index in [4.69, 9.17) is 4.74 Å². The molecule has 0 aliphatic carbocycles. The Hall–Kier alpha value is -1.36. The molecule has 4 heteroatoms. The number of aromatic nitrogens is 1. The van der Waals surface area contributed by atoms with Crippen LogP contribution in [0.15, 0.2) is 30.5 Å². The molecule has 0 amide bonds. The van der Waals surface area contributed by atoms with Crippen LogP contribution < -0.4 is 5.32 Å². The lowest BCUT2D eigenvalue weighted by Gasteiger charge is -2.32. The molecule has 2 aromatic rings. The van der Waals surface area contributed by atoms with E-state index in [-0.39, 0.29) is 0 Å². The minimum atomic E-state index is 0.560. The van der Waals surface area contributed by atoms with Crippen LogP contribution in [0.25, 0.3) is 10.9 Å². The van der Waals surface area contributed by atoms with Crippen LogP contribution in [0.4, 0.5) is 0 Å². The van der Waals surface area contributed by atoms with Crippen molar-refractivity contribution in [2.24, 2.45) is 0 Å². The van der Waals surface area contributed by atoms with E-state index in [9.17, 15) is 0 Å². The molecule has 1 aromatic heterocycles. The molecule has 0 radical (unpaired) electrons. The zero-order valence-electron chi connectivity index (χ0n) is 12.1. The highest BCUT2D eigenvalue weighted by atomic mass is 16.5. The highest BCUT2D eigenvalue weighted by Crippen LogP contribution is 2.17. The smallest absolute Gasteiger partial charge is 0.0594 e. The molecule has 20 heavy (non-hydrogen) atoms. The number of aromatic amines is 1. The fraction of sp³-hybridized carbons (Fsp3) is 0.500. The van der Waals surface area contributed by atoms with Crippen molar-refractivity contribution in [3.8, 4) is 0 Å². The largest absolute Gasteiger partial charge is 0.379 e. The molecule has 0 bridgehead atoms. The van der Waals surface area contributed by atoms with Crippen LogP contribution in [0.5, 0.6) is 0 Å². The average Bonchev–Trinajstić information content (AvgIpc) is 2.97. The number of hydrogen-bond acceptors (Lipinski definition) is 3. The van der Waals surface area contributed by atoms with Crippen LogP contribution in [0.1, 0.15) is 12.5 Å². The van der Waals surface area contributed by atoms with Crippen LogP contribution in [0, 0.1) is 0 Å². The lowest BCUT2D eigenvalue weighted by Crippen LogP contribution is -2.46. The molecule has 108 valence electrons. The molecule has 4 nitrogen and oxygen atoms in total. The summed E-state index contributed by atoms with van der Waals surface area (Å²) in [6, 6.07) is 9.14. The first-order chi connectivity index (χ1) is 9.84. The topological polar surface area (TPSA) is 40.3 Å². The van der Waals surface area contributed by atoms with Crippen molar-refractivity contribution < 1.29 is 4.74 Å². The van der Waals surface area contributed by atoms with Crippen molar-refractivity contribution in [2.75, 3.05) is 32.8 Å². The monoisotopic (exact) mass is 273 g/mol. The van der Waals surface area contributed by atoms with E-state index in [1.165, 1.54) is 16.5 Å². The maximum atomic E-state index is 5.40. The summed E-state index contributed by atoms with van der Waals surface area (Å²) in [6.45, 7) is 8.06. The van der Waals surface area contributed by atoms with Gasteiger partial charge in [0.1, 0.15) is 0 Å². The third-order valence-electron chi connectivity index (χ3n) is 4.11. The normalized spacial score (nSPS) is 18.4. The minimum Gasteiger partial charge on any atom is -0.379 e. The molecule has 1 fully saturated rings. The Labute approximate surface area is 120 Å². The standard InChI is InChI=1S/C16H23N3O/c1-13(19-7-9-20-10-8-19)11-17-12-14-3-2-4-16-15(14)5-6-18-16/h2-6,13,17-18H,7-12H2,1H3. The second-order valence-corrected chi connectivity index (χ2v) is 5.48. The van der Waals surface area contributed by atoms with Crippen molar-refractivity contribution in [1.29, 1.82) is 0 Å². The first-order valence-corrected chi connectivity index (χ1v) is 7.42. The molecule has 1 aliphatic rings. The lowest BCUT2D eigenvalue weighted by atomic mass is 10.1. The number of fused-ring (bicyclic) bond motifs is 1. The fourth-order valence-corrected chi connectivity index (χ4v) is 2.87. The van der Waals surface area contributed by atoms with Gasteiger partial charge in [-0.15, -0.1) is 0 Å². The summed E-state index contributed by atoms with van der Waals surface area (Å²) in [6.07, 6.45) is 2.00. The highest BCUT2D eigenvalue weighted by Gasteiger charge is 2.16. The number of H-pyrrole nitrogens is 1. The predicted molar refractivity (Wildman–Crippen MR) is 81.9 cm³/mol. The summed E-state index contributed by atoms with van der Waals surface area (Å²) >= 11 is 0. The fourth-order valence-electron chi connectivity index (χ4n) is 2.87. The minimum absolute atomic E-state index is 0.560. The molecule has 3 rings (SSSR count). The summed E-state index contributed by atoms with van der Waals surface area (Å²) in [5.41, 5.74) is 2.57. The molecule has 1 aliphatic heterocycles. The molecule has 1 aromatic carbocycles. The molecule has 2 N–H and O–H groups in total. The number of nitrogens with zero attached hydrogens (tertiary/aromatic N) is 1.